The Labute approximate surface area is 145 Å². The zero-order valence-corrected chi connectivity index (χ0v) is 14.3. The summed E-state index contributed by atoms with van der Waals surface area (Å²) in [5.74, 6) is -0.464. The minimum Gasteiger partial charge on any atom is -0.324 e. The topological polar surface area (TPSA) is 107 Å². The van der Waals surface area contributed by atoms with Crippen molar-refractivity contribution in [3.63, 3.8) is 0 Å². The van der Waals surface area contributed by atoms with E-state index in [4.69, 9.17) is 0 Å². The predicted octanol–water partition coefficient (Wildman–Crippen LogP) is 2.62. The molecule has 25 heavy (non-hydrogen) atoms. The Hall–Kier alpha value is -3.07. The Bertz CT molecular complexity index is 1050. The molecule has 3 aromatic rings. The van der Waals surface area contributed by atoms with Crippen LogP contribution in [0.1, 0.15) is 10.4 Å². The SMILES string of the molecule is Cc1sc2ncn(CC(=O)Nc3cccc([N+](=O)[O-])c3)c(=O)c2c1C. The smallest absolute Gasteiger partial charge is 0.271 e. The fourth-order valence-electron chi connectivity index (χ4n) is 2.44. The maximum atomic E-state index is 12.6. The van der Waals surface area contributed by atoms with E-state index >= 15 is 0 Å². The largest absolute Gasteiger partial charge is 0.324 e. The summed E-state index contributed by atoms with van der Waals surface area (Å²) >= 11 is 1.44. The van der Waals surface area contributed by atoms with Gasteiger partial charge in [-0.3, -0.25) is 24.3 Å². The van der Waals surface area contributed by atoms with Gasteiger partial charge in [-0.15, -0.1) is 11.3 Å². The number of hydrogen-bond acceptors (Lipinski definition) is 6. The molecule has 0 aliphatic rings. The molecule has 8 nitrogen and oxygen atoms in total. The van der Waals surface area contributed by atoms with Gasteiger partial charge in [0.25, 0.3) is 11.2 Å². The van der Waals surface area contributed by atoms with E-state index < -0.39 is 10.8 Å². The standard InChI is InChI=1S/C16H14N4O4S/c1-9-10(2)25-15-14(9)16(22)19(8-17-15)7-13(21)18-11-4-3-5-12(6-11)20(23)24/h3-6,8H,7H2,1-2H3,(H,18,21). The first-order valence-corrected chi connectivity index (χ1v) is 8.18. The van der Waals surface area contributed by atoms with Crippen LogP contribution >= 0.6 is 11.3 Å². The van der Waals surface area contributed by atoms with E-state index in [-0.39, 0.29) is 17.8 Å². The van der Waals surface area contributed by atoms with Gasteiger partial charge in [-0.25, -0.2) is 4.98 Å². The number of nitro benzene ring substituents is 1. The molecule has 3 rings (SSSR count). The number of non-ortho nitro benzene ring substituents is 1. The summed E-state index contributed by atoms with van der Waals surface area (Å²) in [5, 5.41) is 13.8. The van der Waals surface area contributed by atoms with Crippen LogP contribution in [0.2, 0.25) is 0 Å². The Kier molecular flexibility index (Phi) is 4.32. The molecule has 0 bridgehead atoms. The molecule has 0 aliphatic carbocycles. The number of nitrogens with zero attached hydrogens (tertiary/aromatic N) is 3. The lowest BCUT2D eigenvalue weighted by atomic mass is 10.2. The fourth-order valence-corrected chi connectivity index (χ4v) is 3.42. The Morgan fingerprint density at radius 1 is 1.40 bits per heavy atom. The Balaban J connectivity index is 1.84. The van der Waals surface area contributed by atoms with Crippen LogP contribution in [-0.4, -0.2) is 20.4 Å². The first-order chi connectivity index (χ1) is 11.9. The minimum atomic E-state index is -0.542. The van der Waals surface area contributed by atoms with Gasteiger partial charge in [-0.05, 0) is 25.5 Å². The number of anilines is 1. The lowest BCUT2D eigenvalue weighted by Crippen LogP contribution is -2.27. The lowest BCUT2D eigenvalue weighted by molar-refractivity contribution is -0.384. The molecule has 1 N–H and O–H groups in total. The molecule has 0 saturated heterocycles. The van der Waals surface area contributed by atoms with Crippen molar-refractivity contribution < 1.29 is 9.72 Å². The third-order valence-corrected chi connectivity index (χ3v) is 4.93. The van der Waals surface area contributed by atoms with Gasteiger partial charge in [0.1, 0.15) is 11.4 Å². The average molecular weight is 358 g/mol. The average Bonchev–Trinajstić information content (AvgIpc) is 2.85. The van der Waals surface area contributed by atoms with Gasteiger partial charge in [0.2, 0.25) is 5.91 Å². The Morgan fingerprint density at radius 2 is 2.16 bits per heavy atom. The summed E-state index contributed by atoms with van der Waals surface area (Å²) in [7, 11) is 0. The summed E-state index contributed by atoms with van der Waals surface area (Å²) in [6, 6.07) is 5.61. The van der Waals surface area contributed by atoms with Crippen molar-refractivity contribution in [1.82, 2.24) is 9.55 Å². The number of aryl methyl sites for hydroxylation is 2. The van der Waals surface area contributed by atoms with Gasteiger partial charge in [0.15, 0.2) is 0 Å². The number of benzene rings is 1. The second-order valence-corrected chi connectivity index (χ2v) is 6.70. The third-order valence-electron chi connectivity index (χ3n) is 3.81. The quantitative estimate of drug-likeness (QED) is 0.570. The maximum absolute atomic E-state index is 12.6. The van der Waals surface area contributed by atoms with Crippen LogP contribution in [0.4, 0.5) is 11.4 Å². The first kappa shape index (κ1) is 16.8. The maximum Gasteiger partial charge on any atom is 0.271 e. The van der Waals surface area contributed by atoms with Crippen molar-refractivity contribution in [3.05, 3.63) is 61.5 Å². The second kappa shape index (κ2) is 6.44. The first-order valence-electron chi connectivity index (χ1n) is 7.36. The van der Waals surface area contributed by atoms with Crippen LogP contribution in [-0.2, 0) is 11.3 Å². The number of carbonyl (C=O) groups is 1. The van der Waals surface area contributed by atoms with Crippen LogP contribution in [0.3, 0.4) is 0 Å². The number of carbonyl (C=O) groups excluding carboxylic acids is 1. The van der Waals surface area contributed by atoms with E-state index in [1.165, 1.54) is 40.4 Å². The fraction of sp³-hybridized carbons (Fsp3) is 0.188. The van der Waals surface area contributed by atoms with E-state index in [1.54, 1.807) is 6.07 Å². The highest BCUT2D eigenvalue weighted by Crippen LogP contribution is 2.25. The zero-order valence-electron chi connectivity index (χ0n) is 13.5. The molecule has 0 fully saturated rings. The molecule has 1 amide bonds. The molecule has 0 radical (unpaired) electrons. The number of hydrogen-bond donors (Lipinski definition) is 1. The number of rotatable bonds is 4. The molecule has 0 spiro atoms. The summed E-state index contributed by atoms with van der Waals surface area (Å²) in [5.41, 5.74) is 0.762. The molecule has 0 atom stereocenters. The van der Waals surface area contributed by atoms with E-state index in [9.17, 15) is 19.7 Å². The summed E-state index contributed by atoms with van der Waals surface area (Å²) < 4.78 is 1.23. The molecule has 2 heterocycles. The van der Waals surface area contributed by atoms with E-state index in [1.807, 2.05) is 13.8 Å². The highest BCUT2D eigenvalue weighted by Gasteiger charge is 2.14. The number of fused-ring (bicyclic) bond motifs is 1. The molecule has 2 aromatic heterocycles. The van der Waals surface area contributed by atoms with Gasteiger partial charge in [0.05, 0.1) is 16.6 Å². The van der Waals surface area contributed by atoms with Crippen LogP contribution in [0.15, 0.2) is 35.4 Å². The van der Waals surface area contributed by atoms with E-state index in [0.29, 0.717) is 15.9 Å². The van der Waals surface area contributed by atoms with Crippen LogP contribution < -0.4 is 10.9 Å². The Morgan fingerprint density at radius 3 is 2.88 bits per heavy atom. The van der Waals surface area contributed by atoms with Crippen molar-refractivity contribution in [2.24, 2.45) is 0 Å². The van der Waals surface area contributed by atoms with Gasteiger partial charge >= 0.3 is 0 Å². The number of aromatic nitrogens is 2. The minimum absolute atomic E-state index is 0.123. The van der Waals surface area contributed by atoms with Crippen LogP contribution in [0, 0.1) is 24.0 Å². The van der Waals surface area contributed by atoms with Crippen molar-refractivity contribution in [2.75, 3.05) is 5.32 Å². The molecule has 0 unspecified atom stereocenters. The van der Waals surface area contributed by atoms with E-state index in [0.717, 1.165) is 10.4 Å². The normalized spacial score (nSPS) is 10.8. The third kappa shape index (κ3) is 3.26. The number of thiophene rings is 1. The lowest BCUT2D eigenvalue weighted by Gasteiger charge is -2.07. The second-order valence-electron chi connectivity index (χ2n) is 5.50. The molecule has 128 valence electrons. The predicted molar refractivity (Wildman–Crippen MR) is 95.1 cm³/mol. The van der Waals surface area contributed by atoms with Crippen LogP contribution in [0.5, 0.6) is 0 Å². The molecular weight excluding hydrogens is 344 g/mol. The van der Waals surface area contributed by atoms with Crippen molar-refractivity contribution >= 4 is 38.8 Å². The molecule has 9 heteroatoms. The van der Waals surface area contributed by atoms with Gasteiger partial charge in [0, 0.05) is 22.7 Å². The van der Waals surface area contributed by atoms with Gasteiger partial charge < -0.3 is 5.32 Å². The highest BCUT2D eigenvalue weighted by molar-refractivity contribution is 7.18. The zero-order chi connectivity index (χ0) is 18.1. The van der Waals surface area contributed by atoms with Gasteiger partial charge in [-0.2, -0.15) is 0 Å². The molecule has 0 saturated carbocycles. The van der Waals surface area contributed by atoms with Crippen molar-refractivity contribution in [3.8, 4) is 0 Å². The number of amides is 1. The summed E-state index contributed by atoms with van der Waals surface area (Å²) in [4.78, 5) is 40.9. The van der Waals surface area contributed by atoms with Crippen LogP contribution in [0.25, 0.3) is 10.2 Å². The number of nitrogens with one attached hydrogen (secondary N) is 1. The van der Waals surface area contributed by atoms with E-state index in [2.05, 4.69) is 10.3 Å². The monoisotopic (exact) mass is 358 g/mol. The summed E-state index contributed by atoms with van der Waals surface area (Å²) in [6.07, 6.45) is 1.34. The summed E-state index contributed by atoms with van der Waals surface area (Å²) in [6.45, 7) is 3.55. The van der Waals surface area contributed by atoms with Gasteiger partial charge in [-0.1, -0.05) is 6.07 Å². The molecular formula is C16H14N4O4S. The number of nitro groups is 1. The molecule has 1 aromatic carbocycles. The van der Waals surface area contributed by atoms with Crippen molar-refractivity contribution in [2.45, 2.75) is 20.4 Å². The highest BCUT2D eigenvalue weighted by atomic mass is 32.1. The van der Waals surface area contributed by atoms with Crippen molar-refractivity contribution in [1.29, 1.82) is 0 Å². The molecule has 0 aliphatic heterocycles.